The van der Waals surface area contributed by atoms with E-state index >= 15 is 0 Å². The van der Waals surface area contributed by atoms with Crippen LogP contribution in [0.5, 0.6) is 0 Å². The molecule has 0 amide bonds. The van der Waals surface area contributed by atoms with E-state index in [1.54, 1.807) is 501 Å². The van der Waals surface area contributed by atoms with Crippen LogP contribution >= 0.6 is 0 Å². The lowest BCUT2D eigenvalue weighted by molar-refractivity contribution is 0.116. The molecule has 10 atom stereocenters. The largest absolute Gasteiger partial charge is 0.0530 e. The Morgan fingerprint density at radius 3 is 0.239 bits per heavy atom. The van der Waals surface area contributed by atoms with Gasteiger partial charge in [-0.1, -0.05) is 591 Å². The third-order valence-corrected chi connectivity index (χ3v) is 46.8. The summed E-state index contributed by atoms with van der Waals surface area (Å²) in [6.45, 7) is 0. The number of hydrogen-bond donors (Lipinski definition) is 0. The van der Waals surface area contributed by atoms with Gasteiger partial charge in [-0.2, -0.15) is 0 Å². The van der Waals surface area contributed by atoms with Crippen molar-refractivity contribution in [3.8, 4) is 0 Å². The maximum Gasteiger partial charge on any atom is -0.0409 e. The first kappa shape index (κ1) is 107. The topological polar surface area (TPSA) is 0 Å². The van der Waals surface area contributed by atoms with Crippen molar-refractivity contribution in [1.29, 1.82) is 0 Å². The van der Waals surface area contributed by atoms with Crippen LogP contribution in [0, 0.1) is 178 Å². The van der Waals surface area contributed by atoms with Crippen LogP contribution in [0.2, 0.25) is 0 Å². The maximum atomic E-state index is 1.58. The zero-order valence-electron chi connectivity index (χ0n) is 90.9. The van der Waals surface area contributed by atoms with Crippen molar-refractivity contribution in [1.82, 2.24) is 0 Å². The van der Waals surface area contributed by atoms with Gasteiger partial charge in [0.1, 0.15) is 0 Å². The molecule has 0 heterocycles. The van der Waals surface area contributed by atoms with Gasteiger partial charge in [0.25, 0.3) is 0 Å². The minimum Gasteiger partial charge on any atom is -0.0530 e. The lowest BCUT2D eigenvalue weighted by atomic mass is 9.65. The first-order chi connectivity index (χ1) is 66.2. The Balaban J connectivity index is 0.000000105. The molecule has 774 valence electrons. The molecular formula is C134H238. The highest BCUT2D eigenvalue weighted by Crippen LogP contribution is 2.52. The third kappa shape index (κ3) is 39.7. The van der Waals surface area contributed by atoms with Crippen LogP contribution in [-0.2, 0) is 0 Å². The zero-order chi connectivity index (χ0) is 90.9. The van der Waals surface area contributed by atoms with Gasteiger partial charge >= 0.3 is 0 Å². The van der Waals surface area contributed by atoms with E-state index in [0.29, 0.717) is 0 Å². The maximum absolute atomic E-state index is 1.58. The van der Waals surface area contributed by atoms with Crippen molar-refractivity contribution >= 4 is 0 Å². The lowest BCUT2D eigenvalue weighted by Crippen LogP contribution is -2.28. The Morgan fingerprint density at radius 2 is 0.104 bits per heavy atom. The fourth-order valence-electron chi connectivity index (χ4n) is 37.7. The summed E-state index contributed by atoms with van der Waals surface area (Å²) in [6, 6.07) is 0. The first-order valence-corrected chi connectivity index (χ1v) is 66.2. The van der Waals surface area contributed by atoms with Gasteiger partial charge < -0.3 is 0 Å². The van der Waals surface area contributed by atoms with E-state index in [1.807, 2.05) is 0 Å². The standard InChI is InChI=1S/C12H22.2C11H20.3C10H18.2C9H16.4C8H14.2C7H12.C6H10/c1-2-6-12-9-3-7-11(5-1)8-4-10-12;1-4-10-6-2-7-11(5-1)9-3-8-10;1-2-5-11-7-3-6-10(4-1)8-9-11;1-3-9-5-2-6-10(4-1)8-7-9;1-2-5-10-7-3-6-9(4-1)8-10;1-2-4-10-7-5-9(3-1)6-8-10;1-3-8-5-2-6-9(4-1)7-8;1-2-4-9-6-5-8(3-1)7-9;1-2-8-5-3-7(1)4-6-8;2*1-2-7-4-5-8(3-1)6-7;1-2-4-8-5-7(3-1)6-8;1-2-7-4-3-6(1)5-7;1-2-6-4-7(3-1)5-6;1-2-6-3-5(1)4-6/h11-12H,1-10H2;2*10-11H,1-9H2;3*9-10H,1-8H2;2*8-9H,1-7H2;4*7-8H,1-6H2;2*6-7H,1-5H2;5-6H,1-4H2. The van der Waals surface area contributed by atoms with Crippen LogP contribution in [0.3, 0.4) is 0 Å². The van der Waals surface area contributed by atoms with E-state index < -0.39 is 0 Å². The van der Waals surface area contributed by atoms with Gasteiger partial charge in [-0.15, -0.1) is 0 Å². The highest BCUT2D eigenvalue weighted by Gasteiger charge is 2.39. The second kappa shape index (κ2) is 61.6. The molecule has 134 heavy (non-hydrogen) atoms. The van der Waals surface area contributed by atoms with Gasteiger partial charge in [0.05, 0.1) is 0 Å². The normalized spacial score (nSPS) is 42.8. The van der Waals surface area contributed by atoms with Crippen LogP contribution in [0.15, 0.2) is 0 Å². The molecule has 10 unspecified atom stereocenters. The molecule has 37 rings (SSSR count). The van der Waals surface area contributed by atoms with Crippen molar-refractivity contribution in [2.75, 3.05) is 0 Å². The zero-order valence-corrected chi connectivity index (χ0v) is 90.9. The van der Waals surface area contributed by atoms with Gasteiger partial charge in [0.2, 0.25) is 0 Å². The Bertz CT molecular complexity index is 2560. The molecule has 0 heteroatoms. The van der Waals surface area contributed by atoms with Crippen molar-refractivity contribution in [2.45, 2.75) is 668 Å². The smallest absolute Gasteiger partial charge is 0.0409 e. The second-order valence-electron chi connectivity index (χ2n) is 57.1. The first-order valence-electron chi connectivity index (χ1n) is 66.2. The lowest BCUT2D eigenvalue weighted by Gasteiger charge is -2.40. The summed E-state index contributed by atoms with van der Waals surface area (Å²) in [6.07, 6.45) is 161. The minimum atomic E-state index is 1.11. The number of rotatable bonds is 0. The van der Waals surface area contributed by atoms with Crippen molar-refractivity contribution in [3.05, 3.63) is 0 Å². The van der Waals surface area contributed by atoms with Gasteiger partial charge in [0, 0.05) is 0 Å². The number of hydrogen-bond acceptors (Lipinski definition) is 0. The van der Waals surface area contributed by atoms with Crippen molar-refractivity contribution < 1.29 is 0 Å². The summed E-state index contributed by atoms with van der Waals surface area (Å²) < 4.78 is 0. The molecule has 0 radical (unpaired) electrons. The Hall–Kier alpha value is 0. The Kier molecular flexibility index (Phi) is 49.1. The van der Waals surface area contributed by atoms with Crippen LogP contribution < -0.4 is 0 Å². The summed E-state index contributed by atoms with van der Waals surface area (Å²) >= 11 is 0. The Morgan fingerprint density at radius 1 is 0.0448 bits per heavy atom. The molecule has 0 aromatic rings. The number of fused-ring (bicyclic) bond motifs is 45. The third-order valence-electron chi connectivity index (χ3n) is 46.8. The van der Waals surface area contributed by atoms with Gasteiger partial charge in [-0.25, -0.2) is 0 Å². The quantitative estimate of drug-likeness (QED) is 0.227. The summed E-state index contributed by atoms with van der Waals surface area (Å²) in [5.41, 5.74) is 0. The van der Waals surface area contributed by atoms with E-state index in [1.165, 1.54) is 214 Å². The van der Waals surface area contributed by atoms with Crippen LogP contribution in [0.4, 0.5) is 0 Å². The molecule has 0 saturated heterocycles. The molecule has 37 fully saturated rings. The fourth-order valence-corrected chi connectivity index (χ4v) is 37.7. The van der Waals surface area contributed by atoms with E-state index in [9.17, 15) is 0 Å². The van der Waals surface area contributed by atoms with E-state index in [-0.39, 0.29) is 0 Å². The SMILES string of the molecule is C1CC2CC(C1)C2.C1CC2CC1C2.C1CC2CCC(C1)C2.C1CC2CCC(C1)C2.C1CC2CCC1C2.C1CC2CCC1CC2.C1CC2CCCC(C1)C2.C1CC2CCCC(C1)CC2.C1CC2CCCC(C1)CCC2.C1CCC2CC(C1)C2.C1CCC2CCC(C1)C2.C1CCC2CCC(C1)CC2.C1CCC2CCCC(C1)C2.C1CCC2CCCC(C1)CC2.C1CCC2CCCC(C1)CCC2. The molecule has 0 spiro atoms. The van der Waals surface area contributed by atoms with Crippen LogP contribution in [0.1, 0.15) is 668 Å². The van der Waals surface area contributed by atoms with Crippen molar-refractivity contribution in [2.24, 2.45) is 178 Å². The molecule has 0 aliphatic heterocycles. The predicted molar refractivity (Wildman–Crippen MR) is 585 cm³/mol. The van der Waals surface area contributed by atoms with Gasteiger partial charge in [-0.3, -0.25) is 0 Å². The fraction of sp³-hybridized carbons (Fsp3) is 1.00. The Labute approximate surface area is 839 Å². The molecular weight excluding hydrogens is 1610 g/mol. The van der Waals surface area contributed by atoms with E-state index in [2.05, 4.69) is 0 Å². The minimum absolute atomic E-state index is 1.11. The molecule has 37 aliphatic rings. The molecule has 0 nitrogen and oxygen atoms in total. The average Bonchev–Trinajstić information content (AvgIpc) is 1.56. The average molecular weight is 1850 g/mol. The summed E-state index contributed by atoms with van der Waals surface area (Å²) in [4.78, 5) is 0. The second-order valence-corrected chi connectivity index (χ2v) is 57.1. The van der Waals surface area contributed by atoms with Gasteiger partial charge in [-0.05, 0) is 255 Å². The monoisotopic (exact) mass is 1850 g/mol. The highest BCUT2D eigenvalue weighted by atomic mass is 14.4. The van der Waals surface area contributed by atoms with Crippen LogP contribution in [0.25, 0.3) is 0 Å². The molecule has 0 aromatic carbocycles. The predicted octanol–water partition coefficient (Wildman–Crippen LogP) is 44.3. The van der Waals surface area contributed by atoms with Gasteiger partial charge in [0.15, 0.2) is 0 Å². The van der Waals surface area contributed by atoms with Crippen molar-refractivity contribution in [3.63, 3.8) is 0 Å². The summed E-state index contributed by atoms with van der Waals surface area (Å²) in [5, 5.41) is 0. The molecule has 0 N–H and O–H groups in total. The molecule has 37 saturated carbocycles. The molecule has 30 bridgehead atoms. The van der Waals surface area contributed by atoms with Crippen LogP contribution in [-0.4, -0.2) is 0 Å². The molecule has 37 aliphatic carbocycles. The molecule has 0 aromatic heterocycles. The summed E-state index contributed by atoms with van der Waals surface area (Å²) in [7, 11) is 0. The summed E-state index contributed by atoms with van der Waals surface area (Å²) in [5.74, 6) is 34.5. The van der Waals surface area contributed by atoms with E-state index in [4.69, 9.17) is 0 Å². The highest BCUT2D eigenvalue weighted by molar-refractivity contribution is 4.91. The van der Waals surface area contributed by atoms with E-state index in [0.717, 1.165) is 130 Å².